The van der Waals surface area contributed by atoms with E-state index in [4.69, 9.17) is 0 Å². The van der Waals surface area contributed by atoms with Gasteiger partial charge in [0.1, 0.15) is 0 Å². The highest BCUT2D eigenvalue weighted by molar-refractivity contribution is 7.99. The molecule has 0 aliphatic carbocycles. The molecule has 0 bridgehead atoms. The zero-order valence-corrected chi connectivity index (χ0v) is 13.0. The molecular formula is C17H19N3S. The van der Waals surface area contributed by atoms with Gasteiger partial charge in [0.25, 0.3) is 0 Å². The van der Waals surface area contributed by atoms with Crippen LogP contribution in [-0.4, -0.2) is 35.6 Å². The first kappa shape index (κ1) is 13.0. The van der Waals surface area contributed by atoms with Crippen molar-refractivity contribution in [3.05, 3.63) is 47.7 Å². The van der Waals surface area contributed by atoms with E-state index in [2.05, 4.69) is 64.3 Å². The molecule has 2 aliphatic rings. The third kappa shape index (κ3) is 2.28. The molecule has 4 heteroatoms. The smallest absolute Gasteiger partial charge is 0.0840 e. The topological polar surface area (TPSA) is 20.2 Å². The molecule has 3 nitrogen and oxygen atoms in total. The van der Waals surface area contributed by atoms with Crippen molar-refractivity contribution >= 4 is 23.7 Å². The fraction of sp³-hybridized carbons (Fsp3) is 0.294. The van der Waals surface area contributed by atoms with E-state index >= 15 is 0 Å². The minimum Gasteiger partial charge on any atom is -0.367 e. The second-order valence-electron chi connectivity index (χ2n) is 5.53. The summed E-state index contributed by atoms with van der Waals surface area (Å²) in [4.78, 5) is 3.85. The minimum absolute atomic E-state index is 1.06. The van der Waals surface area contributed by atoms with Crippen LogP contribution in [0.4, 0.5) is 0 Å². The van der Waals surface area contributed by atoms with Crippen molar-refractivity contribution in [1.29, 1.82) is 0 Å². The first-order valence-corrected chi connectivity index (χ1v) is 8.27. The third-order valence-corrected chi connectivity index (χ3v) is 5.29. The minimum atomic E-state index is 1.06. The van der Waals surface area contributed by atoms with Crippen LogP contribution in [0, 0.1) is 6.92 Å². The quantitative estimate of drug-likeness (QED) is 0.873. The molecule has 4 rings (SSSR count). The maximum Gasteiger partial charge on any atom is 0.0840 e. The maximum absolute atomic E-state index is 3.44. The van der Waals surface area contributed by atoms with Gasteiger partial charge in [0.2, 0.25) is 0 Å². The highest BCUT2D eigenvalue weighted by Gasteiger charge is 2.21. The number of piperazine rings is 1. The van der Waals surface area contributed by atoms with Gasteiger partial charge in [-0.05, 0) is 25.1 Å². The summed E-state index contributed by atoms with van der Waals surface area (Å²) in [6.45, 7) is 6.43. The lowest BCUT2D eigenvalue weighted by atomic mass is 10.1. The lowest BCUT2D eigenvalue weighted by Crippen LogP contribution is -2.42. The second kappa shape index (κ2) is 5.28. The van der Waals surface area contributed by atoms with Gasteiger partial charge in [0.05, 0.1) is 10.7 Å². The summed E-state index contributed by atoms with van der Waals surface area (Å²) in [7, 11) is 0. The van der Waals surface area contributed by atoms with Crippen LogP contribution in [0.3, 0.4) is 0 Å². The number of aryl methyl sites for hydroxylation is 1. The Hall–Kier alpha value is -1.65. The summed E-state index contributed by atoms with van der Waals surface area (Å²) in [6.07, 6.45) is 2.31. The number of aromatic nitrogens is 1. The SMILES string of the molecule is Cc1ccc2n1C=C(N1CCNCC1)c1ccccc1S2. The molecule has 1 saturated heterocycles. The molecule has 0 saturated carbocycles. The maximum atomic E-state index is 3.44. The highest BCUT2D eigenvalue weighted by Crippen LogP contribution is 2.39. The number of nitrogens with zero attached hydrogens (tertiary/aromatic N) is 2. The van der Waals surface area contributed by atoms with Gasteiger partial charge in [-0.25, -0.2) is 0 Å². The molecule has 1 aromatic carbocycles. The average molecular weight is 297 g/mol. The summed E-state index contributed by atoms with van der Waals surface area (Å²) in [5.74, 6) is 0. The molecular weight excluding hydrogens is 278 g/mol. The predicted octanol–water partition coefficient (Wildman–Crippen LogP) is 3.12. The summed E-state index contributed by atoms with van der Waals surface area (Å²) in [5, 5.41) is 4.73. The predicted molar refractivity (Wildman–Crippen MR) is 88.3 cm³/mol. The number of fused-ring (bicyclic) bond motifs is 2. The molecule has 0 amide bonds. The van der Waals surface area contributed by atoms with Gasteiger partial charge < -0.3 is 14.8 Å². The lowest BCUT2D eigenvalue weighted by Gasteiger charge is -2.32. The summed E-state index contributed by atoms with van der Waals surface area (Å²) in [5.41, 5.74) is 3.99. The van der Waals surface area contributed by atoms with Crippen LogP contribution < -0.4 is 5.32 Å². The van der Waals surface area contributed by atoms with Gasteiger partial charge in [-0.3, -0.25) is 0 Å². The molecule has 0 radical (unpaired) electrons. The molecule has 2 aromatic rings. The van der Waals surface area contributed by atoms with Crippen LogP contribution in [0.25, 0.3) is 11.9 Å². The van der Waals surface area contributed by atoms with E-state index in [9.17, 15) is 0 Å². The molecule has 108 valence electrons. The molecule has 2 aliphatic heterocycles. The van der Waals surface area contributed by atoms with Crippen molar-refractivity contribution in [1.82, 2.24) is 14.8 Å². The van der Waals surface area contributed by atoms with E-state index in [1.165, 1.54) is 26.9 Å². The van der Waals surface area contributed by atoms with Crippen LogP contribution >= 0.6 is 11.8 Å². The highest BCUT2D eigenvalue weighted by atomic mass is 32.2. The Kier molecular flexibility index (Phi) is 3.28. The molecule has 21 heavy (non-hydrogen) atoms. The molecule has 0 atom stereocenters. The molecule has 1 fully saturated rings. The van der Waals surface area contributed by atoms with E-state index in [0.29, 0.717) is 0 Å². The zero-order chi connectivity index (χ0) is 14.2. The van der Waals surface area contributed by atoms with E-state index in [-0.39, 0.29) is 0 Å². The van der Waals surface area contributed by atoms with Crippen LogP contribution in [0.2, 0.25) is 0 Å². The van der Waals surface area contributed by atoms with Crippen molar-refractivity contribution in [3.63, 3.8) is 0 Å². The molecule has 1 aromatic heterocycles. The zero-order valence-electron chi connectivity index (χ0n) is 12.2. The van der Waals surface area contributed by atoms with Crippen molar-refractivity contribution < 1.29 is 0 Å². The largest absolute Gasteiger partial charge is 0.367 e. The second-order valence-corrected chi connectivity index (χ2v) is 6.59. The number of benzene rings is 1. The van der Waals surface area contributed by atoms with E-state index < -0.39 is 0 Å². The van der Waals surface area contributed by atoms with Gasteiger partial charge in [-0.1, -0.05) is 30.0 Å². The Morgan fingerprint density at radius 2 is 1.86 bits per heavy atom. The molecule has 0 unspecified atom stereocenters. The van der Waals surface area contributed by atoms with Crippen molar-refractivity contribution in [2.24, 2.45) is 0 Å². The Labute approximate surface area is 129 Å². The van der Waals surface area contributed by atoms with Crippen molar-refractivity contribution in [2.45, 2.75) is 16.8 Å². The van der Waals surface area contributed by atoms with E-state index in [1.807, 2.05) is 11.8 Å². The van der Waals surface area contributed by atoms with Crippen LogP contribution in [0.5, 0.6) is 0 Å². The number of nitrogens with one attached hydrogen (secondary N) is 1. The standard InChI is InChI=1S/C17H19N3S/c1-13-6-7-17-20(13)12-15(19-10-8-18-9-11-19)14-4-2-3-5-16(14)21-17/h2-7,12,18H,8-11H2,1H3. The summed E-state index contributed by atoms with van der Waals surface area (Å²) in [6, 6.07) is 13.2. The first-order chi connectivity index (χ1) is 10.3. The van der Waals surface area contributed by atoms with Crippen LogP contribution in [-0.2, 0) is 0 Å². The molecule has 0 spiro atoms. The van der Waals surface area contributed by atoms with Gasteiger partial charge in [-0.15, -0.1) is 0 Å². The monoisotopic (exact) mass is 297 g/mol. The van der Waals surface area contributed by atoms with Gasteiger partial charge in [-0.2, -0.15) is 0 Å². The Morgan fingerprint density at radius 3 is 2.71 bits per heavy atom. The van der Waals surface area contributed by atoms with Gasteiger partial charge >= 0.3 is 0 Å². The fourth-order valence-corrected chi connectivity index (χ4v) is 4.09. The number of hydrogen-bond acceptors (Lipinski definition) is 3. The van der Waals surface area contributed by atoms with Crippen LogP contribution in [0.15, 0.2) is 46.3 Å². The van der Waals surface area contributed by atoms with Crippen molar-refractivity contribution in [2.75, 3.05) is 26.2 Å². The number of rotatable bonds is 1. The Bertz CT molecular complexity index is 696. The van der Waals surface area contributed by atoms with Crippen molar-refractivity contribution in [3.8, 4) is 0 Å². The van der Waals surface area contributed by atoms with Crippen LogP contribution in [0.1, 0.15) is 11.3 Å². The normalized spacial score (nSPS) is 17.8. The molecule has 3 heterocycles. The van der Waals surface area contributed by atoms with E-state index in [1.54, 1.807) is 0 Å². The average Bonchev–Trinajstić information content (AvgIpc) is 2.78. The summed E-state index contributed by atoms with van der Waals surface area (Å²) < 4.78 is 2.32. The number of hydrogen-bond donors (Lipinski definition) is 1. The first-order valence-electron chi connectivity index (χ1n) is 7.45. The fourth-order valence-electron chi connectivity index (χ4n) is 3.00. The third-order valence-electron chi connectivity index (χ3n) is 4.17. The van der Waals surface area contributed by atoms with Gasteiger partial charge in [0.15, 0.2) is 0 Å². The Morgan fingerprint density at radius 1 is 1.05 bits per heavy atom. The Balaban J connectivity index is 1.88. The van der Waals surface area contributed by atoms with Gasteiger partial charge in [0, 0.05) is 48.5 Å². The van der Waals surface area contributed by atoms with E-state index in [0.717, 1.165) is 26.2 Å². The summed E-state index contributed by atoms with van der Waals surface area (Å²) >= 11 is 1.86. The molecule has 1 N–H and O–H groups in total. The lowest BCUT2D eigenvalue weighted by molar-refractivity contribution is 0.341.